The molecule has 0 radical (unpaired) electrons. The van der Waals surface area contributed by atoms with E-state index in [1.54, 1.807) is 4.90 Å². The maximum absolute atomic E-state index is 12.5. The van der Waals surface area contributed by atoms with Gasteiger partial charge in [-0.05, 0) is 37.8 Å². The minimum absolute atomic E-state index is 0.00252. The smallest absolute Gasteiger partial charge is 0.300 e. The van der Waals surface area contributed by atoms with E-state index in [2.05, 4.69) is 4.98 Å². The lowest BCUT2D eigenvalue weighted by Crippen LogP contribution is -2.39. The van der Waals surface area contributed by atoms with Crippen LogP contribution in [-0.2, 0) is 0 Å². The molecule has 7 nitrogen and oxygen atoms in total. The molecule has 114 valence electrons. The van der Waals surface area contributed by atoms with Gasteiger partial charge in [-0.15, -0.1) is 0 Å². The van der Waals surface area contributed by atoms with Crippen LogP contribution in [0.1, 0.15) is 29.6 Å². The Morgan fingerprint density at radius 1 is 1.52 bits per heavy atom. The number of nitro groups is 1. The summed E-state index contributed by atoms with van der Waals surface area (Å²) < 4.78 is 0. The third-order valence-electron chi connectivity index (χ3n) is 3.75. The second-order valence-corrected chi connectivity index (χ2v) is 5.48. The Bertz CT molecular complexity index is 544. The van der Waals surface area contributed by atoms with Gasteiger partial charge in [0.1, 0.15) is 16.9 Å². The molecular formula is C13H17ClN4O3. The van der Waals surface area contributed by atoms with Crippen LogP contribution in [0.15, 0.2) is 12.3 Å². The second kappa shape index (κ2) is 6.82. The summed E-state index contributed by atoms with van der Waals surface area (Å²) in [5, 5.41) is 11.1. The number of piperidine rings is 1. The molecule has 1 aliphatic rings. The van der Waals surface area contributed by atoms with Crippen LogP contribution in [0.4, 0.5) is 5.69 Å². The fourth-order valence-electron chi connectivity index (χ4n) is 2.57. The van der Waals surface area contributed by atoms with Crippen LogP contribution >= 0.6 is 11.6 Å². The van der Waals surface area contributed by atoms with Crippen molar-refractivity contribution in [3.8, 4) is 0 Å². The number of hydrogen-bond donors (Lipinski definition) is 1. The highest BCUT2D eigenvalue weighted by Gasteiger charge is 2.28. The molecule has 21 heavy (non-hydrogen) atoms. The predicted molar refractivity (Wildman–Crippen MR) is 78.2 cm³/mol. The molecule has 1 aliphatic heterocycles. The molecule has 0 saturated carbocycles. The first kappa shape index (κ1) is 15.7. The fraction of sp³-hybridized carbons (Fsp3) is 0.538. The molecule has 0 spiro atoms. The molecule has 1 amide bonds. The van der Waals surface area contributed by atoms with Gasteiger partial charge in [-0.25, -0.2) is 4.98 Å². The summed E-state index contributed by atoms with van der Waals surface area (Å²) in [5.74, 6) is 0.160. The van der Waals surface area contributed by atoms with Crippen molar-refractivity contribution < 1.29 is 9.72 Å². The van der Waals surface area contributed by atoms with E-state index in [0.717, 1.165) is 25.5 Å². The average molecular weight is 313 g/mol. The van der Waals surface area contributed by atoms with Gasteiger partial charge < -0.3 is 10.6 Å². The molecular weight excluding hydrogens is 296 g/mol. The van der Waals surface area contributed by atoms with Crippen LogP contribution in [0, 0.1) is 16.0 Å². The van der Waals surface area contributed by atoms with E-state index in [1.807, 2.05) is 0 Å². The first-order valence-corrected chi connectivity index (χ1v) is 7.20. The molecule has 0 bridgehead atoms. The monoisotopic (exact) mass is 312 g/mol. The number of rotatable bonds is 4. The van der Waals surface area contributed by atoms with E-state index in [1.165, 1.54) is 6.07 Å². The van der Waals surface area contributed by atoms with Gasteiger partial charge in [0, 0.05) is 13.1 Å². The Morgan fingerprint density at radius 3 is 2.76 bits per heavy atom. The minimum Gasteiger partial charge on any atom is -0.338 e. The zero-order valence-electron chi connectivity index (χ0n) is 11.5. The van der Waals surface area contributed by atoms with E-state index in [4.69, 9.17) is 17.3 Å². The Hall–Kier alpha value is -1.73. The molecule has 1 aromatic rings. The SMILES string of the molecule is NCCC1CCN(C(=O)c2cc(Cl)ncc2[N+](=O)[O-])CC1. The number of hydrogen-bond acceptors (Lipinski definition) is 5. The van der Waals surface area contributed by atoms with Crippen molar-refractivity contribution in [2.75, 3.05) is 19.6 Å². The first-order valence-electron chi connectivity index (χ1n) is 6.82. The minimum atomic E-state index is -0.613. The van der Waals surface area contributed by atoms with Crippen LogP contribution in [0.5, 0.6) is 0 Å². The Morgan fingerprint density at radius 2 is 2.19 bits per heavy atom. The number of pyridine rings is 1. The van der Waals surface area contributed by atoms with Crippen LogP contribution in [0.2, 0.25) is 5.15 Å². The number of amides is 1. The Labute approximate surface area is 127 Å². The normalized spacial score (nSPS) is 16.0. The summed E-state index contributed by atoms with van der Waals surface area (Å²) in [5.41, 5.74) is 5.22. The molecule has 1 saturated heterocycles. The summed E-state index contributed by atoms with van der Waals surface area (Å²) in [7, 11) is 0. The third-order valence-corrected chi connectivity index (χ3v) is 3.96. The van der Waals surface area contributed by atoms with Crippen molar-refractivity contribution in [2.24, 2.45) is 11.7 Å². The molecule has 1 fully saturated rings. The Kier molecular flexibility index (Phi) is 5.08. The van der Waals surface area contributed by atoms with E-state index in [0.29, 0.717) is 25.6 Å². The highest BCUT2D eigenvalue weighted by atomic mass is 35.5. The molecule has 0 unspecified atom stereocenters. The van der Waals surface area contributed by atoms with Gasteiger partial charge in [0.2, 0.25) is 0 Å². The van der Waals surface area contributed by atoms with E-state index >= 15 is 0 Å². The summed E-state index contributed by atoms with van der Waals surface area (Å²) in [6, 6.07) is 1.26. The van der Waals surface area contributed by atoms with Gasteiger partial charge >= 0.3 is 0 Å². The van der Waals surface area contributed by atoms with Crippen molar-refractivity contribution in [3.05, 3.63) is 33.1 Å². The largest absolute Gasteiger partial charge is 0.338 e. The zero-order chi connectivity index (χ0) is 15.4. The van der Waals surface area contributed by atoms with Crippen LogP contribution in [0.3, 0.4) is 0 Å². The number of nitrogens with two attached hydrogens (primary N) is 1. The summed E-state index contributed by atoms with van der Waals surface area (Å²) in [4.78, 5) is 28.1. The van der Waals surface area contributed by atoms with Crippen molar-refractivity contribution in [3.63, 3.8) is 0 Å². The number of nitrogens with zero attached hydrogens (tertiary/aromatic N) is 3. The number of likely N-dealkylation sites (tertiary alicyclic amines) is 1. The van der Waals surface area contributed by atoms with Crippen molar-refractivity contribution >= 4 is 23.2 Å². The predicted octanol–water partition coefficient (Wildman–Crippen LogP) is 1.84. The lowest BCUT2D eigenvalue weighted by Gasteiger charge is -2.31. The lowest BCUT2D eigenvalue weighted by molar-refractivity contribution is -0.385. The number of carbonyl (C=O) groups is 1. The van der Waals surface area contributed by atoms with E-state index < -0.39 is 4.92 Å². The molecule has 0 atom stereocenters. The van der Waals surface area contributed by atoms with Crippen molar-refractivity contribution in [1.82, 2.24) is 9.88 Å². The molecule has 0 aliphatic carbocycles. The zero-order valence-corrected chi connectivity index (χ0v) is 12.3. The van der Waals surface area contributed by atoms with Gasteiger partial charge in [0.25, 0.3) is 11.6 Å². The standard InChI is InChI=1S/C13H17ClN4O3/c14-12-7-10(11(8-16-12)18(20)21)13(19)17-5-2-9(1-4-15)3-6-17/h7-9H,1-6,15H2. The highest BCUT2D eigenvalue weighted by Crippen LogP contribution is 2.25. The molecule has 1 aromatic heterocycles. The van der Waals surface area contributed by atoms with Gasteiger partial charge in [-0.2, -0.15) is 0 Å². The first-order chi connectivity index (χ1) is 10.0. The van der Waals surface area contributed by atoms with Gasteiger partial charge in [0.15, 0.2) is 0 Å². The average Bonchev–Trinajstić information content (AvgIpc) is 2.47. The van der Waals surface area contributed by atoms with Crippen molar-refractivity contribution in [1.29, 1.82) is 0 Å². The molecule has 2 heterocycles. The van der Waals surface area contributed by atoms with Crippen molar-refractivity contribution in [2.45, 2.75) is 19.3 Å². The maximum atomic E-state index is 12.5. The maximum Gasteiger partial charge on any atom is 0.300 e. The van der Waals surface area contributed by atoms with E-state index in [-0.39, 0.29) is 22.3 Å². The van der Waals surface area contributed by atoms with Crippen LogP contribution < -0.4 is 5.73 Å². The summed E-state index contributed by atoms with van der Waals surface area (Å²) in [6.07, 6.45) is 3.71. The third kappa shape index (κ3) is 3.68. The van der Waals surface area contributed by atoms with Gasteiger partial charge in [-0.3, -0.25) is 14.9 Å². The Balaban J connectivity index is 2.14. The molecule has 2 rings (SSSR count). The van der Waals surface area contributed by atoms with Crippen LogP contribution in [0.25, 0.3) is 0 Å². The molecule has 2 N–H and O–H groups in total. The fourth-order valence-corrected chi connectivity index (χ4v) is 2.73. The quantitative estimate of drug-likeness (QED) is 0.519. The topological polar surface area (TPSA) is 102 Å². The van der Waals surface area contributed by atoms with E-state index in [9.17, 15) is 14.9 Å². The van der Waals surface area contributed by atoms with Gasteiger partial charge in [0.05, 0.1) is 4.92 Å². The summed E-state index contributed by atoms with van der Waals surface area (Å²) >= 11 is 5.75. The molecule has 8 heteroatoms. The van der Waals surface area contributed by atoms with Crippen LogP contribution in [-0.4, -0.2) is 40.3 Å². The second-order valence-electron chi connectivity index (χ2n) is 5.09. The molecule has 0 aromatic carbocycles. The number of carbonyl (C=O) groups excluding carboxylic acids is 1. The number of halogens is 1. The summed E-state index contributed by atoms with van der Waals surface area (Å²) in [6.45, 7) is 1.81. The lowest BCUT2D eigenvalue weighted by atomic mass is 9.93. The van der Waals surface area contributed by atoms with Gasteiger partial charge in [-0.1, -0.05) is 11.6 Å². The highest BCUT2D eigenvalue weighted by molar-refractivity contribution is 6.29. The number of aromatic nitrogens is 1.